The van der Waals surface area contributed by atoms with Crippen molar-refractivity contribution < 1.29 is 9.53 Å². The lowest BCUT2D eigenvalue weighted by Crippen LogP contribution is -2.02. The first kappa shape index (κ1) is 9.78. The van der Waals surface area contributed by atoms with Crippen LogP contribution in [0.2, 0.25) is 0 Å². The van der Waals surface area contributed by atoms with Crippen molar-refractivity contribution in [3.05, 3.63) is 41.8 Å². The Morgan fingerprint density at radius 3 is 2.92 bits per heavy atom. The second-order valence-corrected chi connectivity index (χ2v) is 2.89. The van der Waals surface area contributed by atoms with E-state index in [-0.39, 0.29) is 5.97 Å². The molecule has 1 aromatic carbocycles. The lowest BCUT2D eigenvalue weighted by Gasteiger charge is -2.03. The Morgan fingerprint density at radius 1 is 1.54 bits per heavy atom. The molecule has 0 aromatic heterocycles. The minimum atomic E-state index is -0.276. The van der Waals surface area contributed by atoms with E-state index >= 15 is 0 Å². The van der Waals surface area contributed by atoms with Gasteiger partial charge in [-0.2, -0.15) is 0 Å². The molecule has 2 heteroatoms. The van der Waals surface area contributed by atoms with E-state index in [1.807, 2.05) is 31.2 Å². The summed E-state index contributed by atoms with van der Waals surface area (Å²) in [6, 6.07) is 7.91. The van der Waals surface area contributed by atoms with Crippen LogP contribution in [-0.4, -0.2) is 5.97 Å². The number of hydrogen-bond donors (Lipinski definition) is 0. The highest BCUT2D eigenvalue weighted by Crippen LogP contribution is 2.05. The maximum Gasteiger partial charge on any atom is 0.309 e. The zero-order chi connectivity index (χ0) is 9.68. The lowest BCUT2D eigenvalue weighted by atomic mass is 10.1. The van der Waals surface area contributed by atoms with Crippen LogP contribution in [0.4, 0.5) is 0 Å². The van der Waals surface area contributed by atoms with E-state index in [1.54, 1.807) is 6.92 Å². The zero-order valence-corrected chi connectivity index (χ0v) is 7.91. The van der Waals surface area contributed by atoms with E-state index in [0.717, 1.165) is 5.56 Å². The molecule has 1 rings (SSSR count). The molecular formula is C11H13O2. The van der Waals surface area contributed by atoms with E-state index in [4.69, 9.17) is 4.74 Å². The van der Waals surface area contributed by atoms with Crippen LogP contribution >= 0.6 is 0 Å². The van der Waals surface area contributed by atoms with Gasteiger partial charge in [0, 0.05) is 0 Å². The third kappa shape index (κ3) is 3.28. The molecule has 0 aliphatic heterocycles. The van der Waals surface area contributed by atoms with Gasteiger partial charge in [0.25, 0.3) is 0 Å². The number of carbonyl (C=O) groups is 1. The smallest absolute Gasteiger partial charge is 0.309 e. The second kappa shape index (κ2) is 4.65. The van der Waals surface area contributed by atoms with Crippen molar-refractivity contribution in [3.8, 4) is 0 Å². The second-order valence-electron chi connectivity index (χ2n) is 2.89. The van der Waals surface area contributed by atoms with Gasteiger partial charge in [0.05, 0.1) is 6.42 Å². The molecule has 0 saturated carbocycles. The highest BCUT2D eigenvalue weighted by atomic mass is 16.5. The van der Waals surface area contributed by atoms with E-state index in [9.17, 15) is 4.79 Å². The summed E-state index contributed by atoms with van der Waals surface area (Å²) in [6.45, 7) is 4.03. The van der Waals surface area contributed by atoms with E-state index in [0.29, 0.717) is 6.61 Å². The third-order valence-electron chi connectivity index (χ3n) is 1.70. The lowest BCUT2D eigenvalue weighted by molar-refractivity contribution is -0.140. The Kier molecular flexibility index (Phi) is 3.50. The number of hydrogen-bond acceptors (Lipinski definition) is 2. The maximum atomic E-state index is 10.8. The van der Waals surface area contributed by atoms with Gasteiger partial charge in [0.15, 0.2) is 0 Å². The van der Waals surface area contributed by atoms with Crippen molar-refractivity contribution in [2.24, 2.45) is 0 Å². The number of esters is 1. The van der Waals surface area contributed by atoms with Crippen LogP contribution in [0.3, 0.4) is 0 Å². The normalized spacial score (nSPS) is 9.69. The molecule has 0 fully saturated rings. The third-order valence-corrected chi connectivity index (χ3v) is 1.70. The summed E-state index contributed by atoms with van der Waals surface area (Å²) in [5.41, 5.74) is 2.20. The maximum absolute atomic E-state index is 10.8. The molecule has 69 valence electrons. The molecular weight excluding hydrogens is 164 g/mol. The van der Waals surface area contributed by atoms with Gasteiger partial charge >= 0.3 is 5.97 Å². The molecule has 0 heterocycles. The van der Waals surface area contributed by atoms with Gasteiger partial charge in [-0.15, -0.1) is 0 Å². The van der Waals surface area contributed by atoms with Crippen LogP contribution in [0.1, 0.15) is 18.1 Å². The quantitative estimate of drug-likeness (QED) is 0.662. The SMILES string of the molecule is C[CH]C(=O)OCc1cccc(C)c1. The molecule has 2 nitrogen and oxygen atoms in total. The summed E-state index contributed by atoms with van der Waals surface area (Å²) in [4.78, 5) is 10.8. The molecule has 0 amide bonds. The van der Waals surface area contributed by atoms with Crippen molar-refractivity contribution in [1.29, 1.82) is 0 Å². The minimum Gasteiger partial charge on any atom is -0.461 e. The number of carbonyl (C=O) groups excluding carboxylic acids is 1. The van der Waals surface area contributed by atoms with E-state index < -0.39 is 0 Å². The molecule has 13 heavy (non-hydrogen) atoms. The van der Waals surface area contributed by atoms with Crippen molar-refractivity contribution in [1.82, 2.24) is 0 Å². The Bertz CT molecular complexity index is 292. The summed E-state index contributed by atoms with van der Waals surface area (Å²) in [7, 11) is 0. The van der Waals surface area contributed by atoms with Gasteiger partial charge in [-0.05, 0) is 12.5 Å². The number of benzene rings is 1. The summed E-state index contributed by atoms with van der Waals surface area (Å²) in [6.07, 6.45) is 1.41. The van der Waals surface area contributed by atoms with Crippen molar-refractivity contribution in [2.45, 2.75) is 20.5 Å². The molecule has 0 atom stereocenters. The van der Waals surface area contributed by atoms with Crippen LogP contribution in [0.15, 0.2) is 24.3 Å². The number of aryl methyl sites for hydroxylation is 1. The van der Waals surface area contributed by atoms with Crippen LogP contribution in [0.25, 0.3) is 0 Å². The summed E-state index contributed by atoms with van der Waals surface area (Å²) in [5.74, 6) is -0.276. The van der Waals surface area contributed by atoms with Crippen molar-refractivity contribution in [3.63, 3.8) is 0 Å². The van der Waals surface area contributed by atoms with Gasteiger partial charge in [-0.1, -0.05) is 36.8 Å². The number of rotatable bonds is 3. The first-order valence-corrected chi connectivity index (χ1v) is 4.24. The molecule has 1 radical (unpaired) electrons. The largest absolute Gasteiger partial charge is 0.461 e. The fraction of sp³-hybridized carbons (Fsp3) is 0.273. The van der Waals surface area contributed by atoms with E-state index in [2.05, 4.69) is 0 Å². The predicted molar refractivity (Wildman–Crippen MR) is 50.9 cm³/mol. The van der Waals surface area contributed by atoms with Gasteiger partial charge < -0.3 is 4.74 Å². The van der Waals surface area contributed by atoms with Crippen LogP contribution in [0.5, 0.6) is 0 Å². The molecule has 0 aliphatic carbocycles. The van der Waals surface area contributed by atoms with Gasteiger partial charge in [-0.3, -0.25) is 4.79 Å². The fourth-order valence-corrected chi connectivity index (χ4v) is 1.04. The van der Waals surface area contributed by atoms with Crippen LogP contribution < -0.4 is 0 Å². The Balaban J connectivity index is 2.50. The van der Waals surface area contributed by atoms with Gasteiger partial charge in [0.2, 0.25) is 0 Å². The zero-order valence-electron chi connectivity index (χ0n) is 7.91. The molecule has 0 bridgehead atoms. The molecule has 0 unspecified atom stereocenters. The monoisotopic (exact) mass is 177 g/mol. The molecule has 0 saturated heterocycles. The minimum absolute atomic E-state index is 0.276. The van der Waals surface area contributed by atoms with Crippen LogP contribution in [0, 0.1) is 13.3 Å². The van der Waals surface area contributed by atoms with Crippen LogP contribution in [-0.2, 0) is 16.1 Å². The molecule has 0 spiro atoms. The highest BCUT2D eigenvalue weighted by Gasteiger charge is 1.99. The first-order chi connectivity index (χ1) is 6.22. The average Bonchev–Trinajstić information content (AvgIpc) is 2.14. The predicted octanol–water partition coefficient (Wildman–Crippen LogP) is 2.26. The van der Waals surface area contributed by atoms with Gasteiger partial charge in [-0.25, -0.2) is 0 Å². The molecule has 0 N–H and O–H groups in total. The van der Waals surface area contributed by atoms with Gasteiger partial charge in [0.1, 0.15) is 6.61 Å². The Morgan fingerprint density at radius 2 is 2.31 bits per heavy atom. The highest BCUT2D eigenvalue weighted by molar-refractivity contribution is 5.78. The molecule has 1 aromatic rings. The summed E-state index contributed by atoms with van der Waals surface area (Å²) in [5, 5.41) is 0. The fourth-order valence-electron chi connectivity index (χ4n) is 1.04. The van der Waals surface area contributed by atoms with Crippen molar-refractivity contribution >= 4 is 5.97 Å². The number of ether oxygens (including phenoxy) is 1. The summed E-state index contributed by atoms with van der Waals surface area (Å²) < 4.78 is 4.94. The summed E-state index contributed by atoms with van der Waals surface area (Å²) >= 11 is 0. The topological polar surface area (TPSA) is 26.3 Å². The standard InChI is InChI=1S/C11H13O2/c1-3-11(12)13-8-10-6-4-5-9(2)7-10/h3-7H,8H2,1-2H3. The first-order valence-electron chi connectivity index (χ1n) is 4.24. The average molecular weight is 177 g/mol. The molecule has 0 aliphatic rings. The Hall–Kier alpha value is -1.31. The Labute approximate surface area is 78.5 Å². The van der Waals surface area contributed by atoms with Crippen molar-refractivity contribution in [2.75, 3.05) is 0 Å². The van der Waals surface area contributed by atoms with E-state index in [1.165, 1.54) is 12.0 Å².